The summed E-state index contributed by atoms with van der Waals surface area (Å²) in [5, 5.41) is 0. The summed E-state index contributed by atoms with van der Waals surface area (Å²) in [4.78, 5) is 0. The van der Waals surface area contributed by atoms with Crippen LogP contribution in [0, 0.1) is 0 Å². The Labute approximate surface area is 108 Å². The van der Waals surface area contributed by atoms with Crippen molar-refractivity contribution in [2.45, 2.75) is 19.4 Å². The molecular weight excluding hydrogens is 234 g/mol. The average Bonchev–Trinajstić information content (AvgIpc) is 2.43. The highest BCUT2D eigenvalue weighted by molar-refractivity contribution is 5.55. The van der Waals surface area contributed by atoms with Crippen molar-refractivity contribution in [3.05, 3.63) is 12.1 Å². The predicted molar refractivity (Wildman–Crippen MR) is 69.9 cm³/mol. The molecule has 0 fully saturated rings. The first-order valence-corrected chi connectivity index (χ1v) is 5.84. The molecule has 1 rings (SSSR count). The molecule has 0 aliphatic heterocycles. The van der Waals surface area contributed by atoms with E-state index in [1.54, 1.807) is 33.5 Å². The van der Waals surface area contributed by atoms with Gasteiger partial charge in [0.05, 0.1) is 21.3 Å². The molecule has 1 atom stereocenters. The molecule has 5 nitrogen and oxygen atoms in total. The van der Waals surface area contributed by atoms with Gasteiger partial charge in [0.25, 0.3) is 0 Å². The first kappa shape index (κ1) is 14.4. The van der Waals surface area contributed by atoms with Crippen molar-refractivity contribution in [2.75, 3.05) is 27.9 Å². The van der Waals surface area contributed by atoms with Crippen LogP contribution in [0.25, 0.3) is 0 Å². The molecule has 0 saturated carbocycles. The highest BCUT2D eigenvalue weighted by atomic mass is 16.5. The lowest BCUT2D eigenvalue weighted by Crippen LogP contribution is -2.26. The van der Waals surface area contributed by atoms with Crippen LogP contribution in [-0.4, -0.2) is 34.0 Å². The van der Waals surface area contributed by atoms with E-state index >= 15 is 0 Å². The predicted octanol–water partition coefficient (Wildman–Crippen LogP) is 1.83. The number of ether oxygens (including phenoxy) is 4. The van der Waals surface area contributed by atoms with Gasteiger partial charge in [-0.05, 0) is 6.42 Å². The number of hydrogen-bond donors (Lipinski definition) is 1. The van der Waals surface area contributed by atoms with Gasteiger partial charge in [-0.1, -0.05) is 6.92 Å². The highest BCUT2D eigenvalue weighted by Crippen LogP contribution is 2.40. The zero-order chi connectivity index (χ0) is 13.5. The van der Waals surface area contributed by atoms with Crippen molar-refractivity contribution in [1.82, 2.24) is 0 Å². The van der Waals surface area contributed by atoms with Gasteiger partial charge in [-0.25, -0.2) is 0 Å². The Bertz CT molecular complexity index is 356. The van der Waals surface area contributed by atoms with Gasteiger partial charge in [0.2, 0.25) is 5.75 Å². The summed E-state index contributed by atoms with van der Waals surface area (Å²) in [7, 11) is 4.70. The minimum absolute atomic E-state index is 0.0177. The van der Waals surface area contributed by atoms with Crippen molar-refractivity contribution in [2.24, 2.45) is 5.73 Å². The third-order valence-corrected chi connectivity index (χ3v) is 2.63. The number of rotatable bonds is 7. The van der Waals surface area contributed by atoms with Gasteiger partial charge >= 0.3 is 0 Å². The summed E-state index contributed by atoms with van der Waals surface area (Å²) >= 11 is 0. The van der Waals surface area contributed by atoms with Crippen LogP contribution in [-0.2, 0) is 0 Å². The Kier molecular flexibility index (Phi) is 5.58. The second-order valence-corrected chi connectivity index (χ2v) is 3.84. The fraction of sp³-hybridized carbons (Fsp3) is 0.538. The molecule has 1 aromatic carbocycles. The van der Waals surface area contributed by atoms with E-state index in [1.165, 1.54) is 0 Å². The molecule has 0 heterocycles. The van der Waals surface area contributed by atoms with Crippen LogP contribution < -0.4 is 24.7 Å². The maximum Gasteiger partial charge on any atom is 0.203 e. The molecule has 0 amide bonds. The van der Waals surface area contributed by atoms with E-state index in [-0.39, 0.29) is 6.04 Å². The Balaban J connectivity index is 2.93. The van der Waals surface area contributed by atoms with Crippen molar-refractivity contribution in [1.29, 1.82) is 0 Å². The maximum atomic E-state index is 5.81. The molecular formula is C13H21NO4. The molecule has 1 unspecified atom stereocenters. The SMILES string of the molecule is CCC(N)COc1cc(OC)c(OC)c(OC)c1. The van der Waals surface area contributed by atoms with E-state index < -0.39 is 0 Å². The Hall–Kier alpha value is -1.62. The smallest absolute Gasteiger partial charge is 0.203 e. The van der Waals surface area contributed by atoms with Gasteiger partial charge in [0.1, 0.15) is 12.4 Å². The topological polar surface area (TPSA) is 62.9 Å². The molecule has 18 heavy (non-hydrogen) atoms. The van der Waals surface area contributed by atoms with Crippen LogP contribution in [0.15, 0.2) is 12.1 Å². The molecule has 0 aliphatic carbocycles. The normalized spacial score (nSPS) is 11.8. The summed E-state index contributed by atoms with van der Waals surface area (Å²) in [6.45, 7) is 2.47. The first-order chi connectivity index (χ1) is 8.65. The Morgan fingerprint density at radius 1 is 1.06 bits per heavy atom. The van der Waals surface area contributed by atoms with Crippen LogP contribution in [0.2, 0.25) is 0 Å². The van der Waals surface area contributed by atoms with E-state index in [2.05, 4.69) is 0 Å². The molecule has 102 valence electrons. The van der Waals surface area contributed by atoms with Crippen LogP contribution >= 0.6 is 0 Å². The quantitative estimate of drug-likeness (QED) is 0.805. The minimum Gasteiger partial charge on any atom is -0.493 e. The summed E-state index contributed by atoms with van der Waals surface area (Å²) in [6.07, 6.45) is 0.866. The molecule has 0 saturated heterocycles. The van der Waals surface area contributed by atoms with E-state index in [4.69, 9.17) is 24.7 Å². The molecule has 1 aromatic rings. The van der Waals surface area contributed by atoms with Crippen molar-refractivity contribution in [3.8, 4) is 23.0 Å². The van der Waals surface area contributed by atoms with Crippen molar-refractivity contribution < 1.29 is 18.9 Å². The molecule has 0 aromatic heterocycles. The monoisotopic (exact) mass is 255 g/mol. The molecule has 0 radical (unpaired) electrons. The van der Waals surface area contributed by atoms with Gasteiger partial charge in [0.15, 0.2) is 11.5 Å². The van der Waals surface area contributed by atoms with Crippen LogP contribution in [0.3, 0.4) is 0 Å². The lowest BCUT2D eigenvalue weighted by atomic mass is 10.2. The Morgan fingerprint density at radius 3 is 2.00 bits per heavy atom. The zero-order valence-corrected chi connectivity index (χ0v) is 11.4. The summed E-state index contributed by atoms with van der Waals surface area (Å²) in [6, 6.07) is 3.53. The average molecular weight is 255 g/mol. The number of hydrogen-bond acceptors (Lipinski definition) is 5. The number of benzene rings is 1. The fourth-order valence-electron chi connectivity index (χ4n) is 1.46. The molecule has 0 spiro atoms. The maximum absolute atomic E-state index is 5.81. The van der Waals surface area contributed by atoms with E-state index in [9.17, 15) is 0 Å². The van der Waals surface area contributed by atoms with Crippen molar-refractivity contribution in [3.63, 3.8) is 0 Å². The second kappa shape index (κ2) is 6.96. The van der Waals surface area contributed by atoms with Gasteiger partial charge in [0, 0.05) is 18.2 Å². The van der Waals surface area contributed by atoms with Crippen LogP contribution in [0.5, 0.6) is 23.0 Å². The van der Waals surface area contributed by atoms with Gasteiger partial charge in [-0.2, -0.15) is 0 Å². The number of nitrogens with two attached hydrogens (primary N) is 1. The minimum atomic E-state index is 0.0177. The second-order valence-electron chi connectivity index (χ2n) is 3.84. The molecule has 0 aliphatic rings. The zero-order valence-electron chi connectivity index (χ0n) is 11.4. The first-order valence-electron chi connectivity index (χ1n) is 5.84. The largest absolute Gasteiger partial charge is 0.493 e. The lowest BCUT2D eigenvalue weighted by molar-refractivity contribution is 0.277. The number of methoxy groups -OCH3 is 3. The van der Waals surface area contributed by atoms with Crippen molar-refractivity contribution >= 4 is 0 Å². The van der Waals surface area contributed by atoms with Gasteiger partial charge < -0.3 is 24.7 Å². The third kappa shape index (κ3) is 3.43. The Morgan fingerprint density at radius 2 is 1.61 bits per heavy atom. The van der Waals surface area contributed by atoms with E-state index in [1.807, 2.05) is 6.92 Å². The molecule has 5 heteroatoms. The molecule has 0 bridgehead atoms. The fourth-order valence-corrected chi connectivity index (χ4v) is 1.46. The summed E-state index contributed by atoms with van der Waals surface area (Å²) < 4.78 is 21.3. The lowest BCUT2D eigenvalue weighted by Gasteiger charge is -2.16. The third-order valence-electron chi connectivity index (χ3n) is 2.63. The standard InChI is InChI=1S/C13H21NO4/c1-5-9(14)8-18-10-6-11(15-2)13(17-4)12(7-10)16-3/h6-7,9H,5,8,14H2,1-4H3. The highest BCUT2D eigenvalue weighted by Gasteiger charge is 2.14. The van der Waals surface area contributed by atoms with E-state index in [0.29, 0.717) is 29.6 Å². The summed E-state index contributed by atoms with van der Waals surface area (Å²) in [5.41, 5.74) is 5.81. The van der Waals surface area contributed by atoms with Gasteiger partial charge in [-0.15, -0.1) is 0 Å². The van der Waals surface area contributed by atoms with Crippen LogP contribution in [0.1, 0.15) is 13.3 Å². The van der Waals surface area contributed by atoms with Crippen LogP contribution in [0.4, 0.5) is 0 Å². The van der Waals surface area contributed by atoms with E-state index in [0.717, 1.165) is 6.42 Å². The van der Waals surface area contributed by atoms with Gasteiger partial charge in [-0.3, -0.25) is 0 Å². The molecule has 2 N–H and O–H groups in total. The summed E-state index contributed by atoms with van der Waals surface area (Å²) in [5.74, 6) is 2.33.